The largest absolute Gasteiger partial charge is 0.382 e. The van der Waals surface area contributed by atoms with Crippen molar-refractivity contribution >= 4 is 17.3 Å². The Morgan fingerprint density at radius 1 is 1.20 bits per heavy atom. The summed E-state index contributed by atoms with van der Waals surface area (Å²) in [7, 11) is 0. The zero-order valence-electron chi connectivity index (χ0n) is 17.9. The molecule has 1 aromatic carbocycles. The van der Waals surface area contributed by atoms with Crippen LogP contribution in [0.5, 0.6) is 0 Å². The third kappa shape index (κ3) is 6.30. The van der Waals surface area contributed by atoms with E-state index >= 15 is 0 Å². The maximum atomic E-state index is 12.3. The molecule has 164 valence electrons. The summed E-state index contributed by atoms with van der Waals surface area (Å²) < 4.78 is 12.2. The Balaban J connectivity index is 0.000000269. The monoisotopic (exact) mass is 433 g/mol. The highest BCUT2D eigenvalue weighted by Gasteiger charge is 2.18. The highest BCUT2D eigenvalue weighted by molar-refractivity contribution is 6.32. The van der Waals surface area contributed by atoms with Gasteiger partial charge in [0.05, 0.1) is 30.3 Å². The highest BCUT2D eigenvalue weighted by atomic mass is 35.5. The first-order valence-electron chi connectivity index (χ1n) is 10.8. The van der Waals surface area contributed by atoms with Crippen LogP contribution in [-0.4, -0.2) is 42.2 Å². The van der Waals surface area contributed by atoms with Crippen LogP contribution in [0.15, 0.2) is 41.3 Å². The SMILES string of the molecule is CC(C)C1CCCO1.O=c1c(Cl)c(NCC2CCCOC2)cnn1-c1ccccc1. The van der Waals surface area contributed by atoms with E-state index in [9.17, 15) is 4.79 Å². The van der Waals surface area contributed by atoms with Crippen molar-refractivity contribution in [2.75, 3.05) is 31.7 Å². The first-order chi connectivity index (χ1) is 14.6. The van der Waals surface area contributed by atoms with Gasteiger partial charge in [0.15, 0.2) is 0 Å². The van der Waals surface area contributed by atoms with Gasteiger partial charge in [-0.25, -0.2) is 0 Å². The van der Waals surface area contributed by atoms with E-state index in [1.54, 1.807) is 6.20 Å². The lowest BCUT2D eigenvalue weighted by atomic mass is 10.0. The molecule has 7 heteroatoms. The molecular weight excluding hydrogens is 402 g/mol. The average molecular weight is 434 g/mol. The Hall–Kier alpha value is -1.89. The van der Waals surface area contributed by atoms with Crippen LogP contribution in [0.4, 0.5) is 5.69 Å². The summed E-state index contributed by atoms with van der Waals surface area (Å²) in [5.74, 6) is 1.17. The van der Waals surface area contributed by atoms with Crippen molar-refractivity contribution < 1.29 is 9.47 Å². The molecule has 0 saturated carbocycles. The van der Waals surface area contributed by atoms with Gasteiger partial charge in [0, 0.05) is 19.8 Å². The summed E-state index contributed by atoms with van der Waals surface area (Å²) >= 11 is 6.20. The van der Waals surface area contributed by atoms with E-state index < -0.39 is 0 Å². The first kappa shape index (κ1) is 22.8. The van der Waals surface area contributed by atoms with Gasteiger partial charge < -0.3 is 14.8 Å². The van der Waals surface area contributed by atoms with Crippen LogP contribution in [0.2, 0.25) is 5.02 Å². The molecule has 2 aliphatic heterocycles. The van der Waals surface area contributed by atoms with E-state index in [0.717, 1.165) is 45.1 Å². The number of benzene rings is 1. The number of rotatable bonds is 5. The Morgan fingerprint density at radius 2 is 1.97 bits per heavy atom. The molecule has 0 radical (unpaired) electrons. The van der Waals surface area contributed by atoms with Gasteiger partial charge in [0.25, 0.3) is 5.56 Å². The van der Waals surface area contributed by atoms with Crippen LogP contribution in [0.3, 0.4) is 0 Å². The minimum atomic E-state index is -0.322. The lowest BCUT2D eigenvalue weighted by Crippen LogP contribution is -2.26. The average Bonchev–Trinajstić information content (AvgIpc) is 3.32. The van der Waals surface area contributed by atoms with Gasteiger partial charge in [-0.2, -0.15) is 9.78 Å². The second-order valence-corrected chi connectivity index (χ2v) is 8.56. The minimum absolute atomic E-state index is 0.163. The number of ether oxygens (including phenoxy) is 2. The van der Waals surface area contributed by atoms with Crippen molar-refractivity contribution in [2.24, 2.45) is 11.8 Å². The highest BCUT2D eigenvalue weighted by Crippen LogP contribution is 2.20. The van der Waals surface area contributed by atoms with Crippen molar-refractivity contribution in [3.63, 3.8) is 0 Å². The molecule has 1 aromatic heterocycles. The molecule has 30 heavy (non-hydrogen) atoms. The second kappa shape index (κ2) is 11.5. The Kier molecular flexibility index (Phi) is 8.73. The lowest BCUT2D eigenvalue weighted by molar-refractivity contribution is 0.0595. The topological polar surface area (TPSA) is 65.4 Å². The van der Waals surface area contributed by atoms with E-state index in [4.69, 9.17) is 21.1 Å². The zero-order valence-corrected chi connectivity index (χ0v) is 18.6. The third-order valence-electron chi connectivity index (χ3n) is 5.46. The predicted molar refractivity (Wildman–Crippen MR) is 121 cm³/mol. The van der Waals surface area contributed by atoms with Crippen LogP contribution >= 0.6 is 11.6 Å². The molecule has 2 unspecified atom stereocenters. The summed E-state index contributed by atoms with van der Waals surface area (Å²) in [6, 6.07) is 9.23. The van der Waals surface area contributed by atoms with E-state index in [1.807, 2.05) is 30.3 Å². The normalized spacial score (nSPS) is 21.2. The Bertz CT molecular complexity index is 829. The number of nitrogens with one attached hydrogen (secondary N) is 1. The van der Waals surface area contributed by atoms with Gasteiger partial charge >= 0.3 is 0 Å². The molecular formula is C23H32ClN3O3. The molecule has 2 saturated heterocycles. The van der Waals surface area contributed by atoms with Crippen LogP contribution in [-0.2, 0) is 9.47 Å². The molecule has 0 amide bonds. The quantitative estimate of drug-likeness (QED) is 0.749. The summed E-state index contributed by atoms with van der Waals surface area (Å²) in [6.07, 6.45) is 6.91. The summed E-state index contributed by atoms with van der Waals surface area (Å²) in [4.78, 5) is 12.3. The second-order valence-electron chi connectivity index (χ2n) is 8.18. The standard InChI is InChI=1S/C16H18ClN3O2.C7H14O/c17-15-14(18-9-12-5-4-8-22-11-12)10-19-20(16(15)21)13-6-2-1-3-7-13;1-6(2)7-4-3-5-8-7/h1-3,6-7,10,12,18H,4-5,8-9,11H2;6-7H,3-5H2,1-2H3. The number of halogens is 1. The zero-order chi connectivity index (χ0) is 21.3. The fourth-order valence-electron chi connectivity index (χ4n) is 3.66. The van der Waals surface area contributed by atoms with Crippen molar-refractivity contribution in [1.29, 1.82) is 0 Å². The number of hydrogen-bond donors (Lipinski definition) is 1. The number of hydrogen-bond acceptors (Lipinski definition) is 5. The summed E-state index contributed by atoms with van der Waals surface area (Å²) in [5.41, 5.74) is 0.948. The molecule has 2 fully saturated rings. The Labute approximate surface area is 183 Å². The lowest BCUT2D eigenvalue weighted by Gasteiger charge is -2.22. The van der Waals surface area contributed by atoms with Crippen molar-refractivity contribution in [2.45, 2.75) is 45.6 Å². The molecule has 2 aliphatic rings. The number of aromatic nitrogens is 2. The van der Waals surface area contributed by atoms with Crippen molar-refractivity contribution in [1.82, 2.24) is 9.78 Å². The molecule has 4 rings (SSSR count). The van der Waals surface area contributed by atoms with Gasteiger partial charge in [-0.3, -0.25) is 4.79 Å². The molecule has 6 nitrogen and oxygen atoms in total. The Morgan fingerprint density at radius 3 is 2.57 bits per heavy atom. The fourth-order valence-corrected chi connectivity index (χ4v) is 3.86. The number of para-hydroxylation sites is 1. The van der Waals surface area contributed by atoms with Crippen LogP contribution < -0.4 is 10.9 Å². The summed E-state index contributed by atoms with van der Waals surface area (Å²) in [6.45, 7) is 7.75. The van der Waals surface area contributed by atoms with Crippen molar-refractivity contribution in [3.05, 3.63) is 51.9 Å². The molecule has 0 aliphatic carbocycles. The third-order valence-corrected chi connectivity index (χ3v) is 5.83. The molecule has 0 bridgehead atoms. The van der Waals surface area contributed by atoms with Gasteiger partial charge in [-0.15, -0.1) is 0 Å². The molecule has 3 heterocycles. The fraction of sp³-hybridized carbons (Fsp3) is 0.565. The molecule has 2 atom stereocenters. The van der Waals surface area contributed by atoms with Crippen LogP contribution in [0.1, 0.15) is 39.5 Å². The predicted octanol–water partition coefficient (Wildman–Crippen LogP) is 4.55. The minimum Gasteiger partial charge on any atom is -0.382 e. The number of anilines is 1. The van der Waals surface area contributed by atoms with Gasteiger partial charge in [0.2, 0.25) is 0 Å². The summed E-state index contributed by atoms with van der Waals surface area (Å²) in [5, 5.41) is 7.58. The molecule has 1 N–H and O–H groups in total. The van der Waals surface area contributed by atoms with E-state index in [-0.39, 0.29) is 10.6 Å². The van der Waals surface area contributed by atoms with Gasteiger partial charge in [0.1, 0.15) is 5.02 Å². The smallest absolute Gasteiger partial charge is 0.292 e. The molecule has 0 spiro atoms. The van der Waals surface area contributed by atoms with E-state index in [1.165, 1.54) is 17.5 Å². The van der Waals surface area contributed by atoms with Crippen LogP contribution in [0.25, 0.3) is 5.69 Å². The first-order valence-corrected chi connectivity index (χ1v) is 11.2. The maximum absolute atomic E-state index is 12.3. The van der Waals surface area contributed by atoms with Gasteiger partial charge in [-0.05, 0) is 49.7 Å². The maximum Gasteiger partial charge on any atom is 0.292 e. The van der Waals surface area contributed by atoms with Crippen LogP contribution in [0, 0.1) is 11.8 Å². The van der Waals surface area contributed by atoms with E-state index in [2.05, 4.69) is 24.3 Å². The van der Waals surface area contributed by atoms with Gasteiger partial charge in [-0.1, -0.05) is 43.6 Å². The van der Waals surface area contributed by atoms with Crippen molar-refractivity contribution in [3.8, 4) is 5.69 Å². The number of nitrogens with zero attached hydrogens (tertiary/aromatic N) is 2. The molecule has 2 aromatic rings. The van der Waals surface area contributed by atoms with E-state index in [0.29, 0.717) is 23.4 Å².